The number of hydrogen-bond acceptors (Lipinski definition) is 1. The number of unbranched alkanes of at least 4 members (excludes halogenated alkanes) is 1. The van der Waals surface area contributed by atoms with Crippen LogP contribution in [0.4, 0.5) is 0 Å². The number of aromatic nitrogens is 1. The van der Waals surface area contributed by atoms with Crippen molar-refractivity contribution in [3.8, 4) is 0 Å². The van der Waals surface area contributed by atoms with Crippen molar-refractivity contribution < 1.29 is 4.74 Å². The Morgan fingerprint density at radius 1 is 1.27 bits per heavy atom. The lowest BCUT2D eigenvalue weighted by molar-refractivity contribution is 0.191. The van der Waals surface area contributed by atoms with E-state index in [1.54, 1.807) is 7.11 Å². The summed E-state index contributed by atoms with van der Waals surface area (Å²) in [6.07, 6.45) is 3.49. The van der Waals surface area contributed by atoms with Gasteiger partial charge < -0.3 is 9.30 Å². The highest BCUT2D eigenvalue weighted by Gasteiger charge is 2.06. The number of methoxy groups -OCH3 is 1. The molecule has 0 radical (unpaired) electrons. The van der Waals surface area contributed by atoms with Gasteiger partial charge in [0.2, 0.25) is 0 Å². The van der Waals surface area contributed by atoms with Gasteiger partial charge in [0.1, 0.15) is 0 Å². The van der Waals surface area contributed by atoms with Crippen molar-refractivity contribution in [1.82, 2.24) is 4.57 Å². The molecule has 15 heavy (non-hydrogen) atoms. The summed E-state index contributed by atoms with van der Waals surface area (Å²) in [7, 11) is 1.77. The molecule has 0 saturated heterocycles. The summed E-state index contributed by atoms with van der Waals surface area (Å²) in [5, 5.41) is 0. The van der Waals surface area contributed by atoms with Crippen LogP contribution in [0.2, 0.25) is 0 Å². The highest BCUT2D eigenvalue weighted by Crippen LogP contribution is 2.16. The molecule has 86 valence electrons. The normalized spacial score (nSPS) is 10.9. The third-order valence-corrected chi connectivity index (χ3v) is 3.04. The maximum absolute atomic E-state index is 5.06. The highest BCUT2D eigenvalue weighted by atomic mass is 16.5. The van der Waals surface area contributed by atoms with Crippen LogP contribution in [0.25, 0.3) is 0 Å². The van der Waals surface area contributed by atoms with Gasteiger partial charge in [-0.05, 0) is 44.7 Å². The molecule has 0 fully saturated rings. The quantitative estimate of drug-likeness (QED) is 0.657. The van der Waals surface area contributed by atoms with Gasteiger partial charge in [-0.2, -0.15) is 0 Å². The first-order valence-electron chi connectivity index (χ1n) is 5.85. The van der Waals surface area contributed by atoms with Gasteiger partial charge in [-0.25, -0.2) is 0 Å². The lowest BCUT2D eigenvalue weighted by Crippen LogP contribution is -2.04. The van der Waals surface area contributed by atoms with E-state index < -0.39 is 0 Å². The van der Waals surface area contributed by atoms with Gasteiger partial charge in [-0.3, -0.25) is 0 Å². The standard InChI is InChI=1S/C13H23NO/c1-5-13-10-11(2)14(12(13)3)8-6-7-9-15-4/h10H,5-9H2,1-4H3. The zero-order valence-electron chi connectivity index (χ0n) is 10.5. The van der Waals surface area contributed by atoms with E-state index >= 15 is 0 Å². The SMILES string of the molecule is CCc1cc(C)n(CCCCOC)c1C. The van der Waals surface area contributed by atoms with Crippen LogP contribution >= 0.6 is 0 Å². The molecule has 0 atom stereocenters. The lowest BCUT2D eigenvalue weighted by atomic mass is 10.2. The van der Waals surface area contributed by atoms with Gasteiger partial charge in [0.15, 0.2) is 0 Å². The van der Waals surface area contributed by atoms with Crippen molar-refractivity contribution in [2.24, 2.45) is 0 Å². The van der Waals surface area contributed by atoms with Crippen LogP contribution in [0.1, 0.15) is 36.7 Å². The number of rotatable bonds is 6. The lowest BCUT2D eigenvalue weighted by Gasteiger charge is -2.09. The Hall–Kier alpha value is -0.760. The molecule has 0 aliphatic carbocycles. The molecule has 0 N–H and O–H groups in total. The van der Waals surface area contributed by atoms with Crippen LogP contribution in [0, 0.1) is 13.8 Å². The molecule has 0 aromatic carbocycles. The first-order valence-corrected chi connectivity index (χ1v) is 5.85. The Morgan fingerprint density at radius 3 is 2.53 bits per heavy atom. The number of ether oxygens (including phenoxy) is 1. The molecule has 0 aliphatic heterocycles. The van der Waals surface area contributed by atoms with Crippen LogP contribution in [-0.4, -0.2) is 18.3 Å². The summed E-state index contributed by atoms with van der Waals surface area (Å²) >= 11 is 0. The Morgan fingerprint density at radius 2 is 2.00 bits per heavy atom. The molecule has 0 spiro atoms. The fraction of sp³-hybridized carbons (Fsp3) is 0.692. The summed E-state index contributed by atoms with van der Waals surface area (Å²) in [6.45, 7) is 8.64. The zero-order valence-corrected chi connectivity index (χ0v) is 10.5. The van der Waals surface area contributed by atoms with Crippen molar-refractivity contribution in [2.45, 2.75) is 46.6 Å². The molecule has 1 heterocycles. The second kappa shape index (κ2) is 5.96. The highest BCUT2D eigenvalue weighted by molar-refractivity contribution is 5.26. The van der Waals surface area contributed by atoms with Crippen molar-refractivity contribution in [3.63, 3.8) is 0 Å². The second-order valence-corrected chi connectivity index (χ2v) is 4.10. The average molecular weight is 209 g/mol. The van der Waals surface area contributed by atoms with E-state index in [9.17, 15) is 0 Å². The summed E-state index contributed by atoms with van der Waals surface area (Å²) in [4.78, 5) is 0. The number of nitrogens with zero attached hydrogens (tertiary/aromatic N) is 1. The Balaban J connectivity index is 2.56. The predicted molar refractivity (Wildman–Crippen MR) is 64.4 cm³/mol. The Labute approximate surface area is 93.2 Å². The largest absolute Gasteiger partial charge is 0.385 e. The van der Waals surface area contributed by atoms with E-state index in [2.05, 4.69) is 31.4 Å². The average Bonchev–Trinajstić information content (AvgIpc) is 2.50. The minimum absolute atomic E-state index is 0.875. The third-order valence-electron chi connectivity index (χ3n) is 3.04. The van der Waals surface area contributed by atoms with E-state index in [1.165, 1.54) is 23.4 Å². The van der Waals surface area contributed by atoms with Crippen LogP contribution in [0.3, 0.4) is 0 Å². The van der Waals surface area contributed by atoms with Crippen molar-refractivity contribution in [1.29, 1.82) is 0 Å². The molecular formula is C13H23NO. The Kier molecular flexibility index (Phi) is 4.89. The van der Waals surface area contributed by atoms with E-state index in [0.717, 1.165) is 26.0 Å². The molecule has 0 amide bonds. The maximum atomic E-state index is 5.06. The van der Waals surface area contributed by atoms with Gasteiger partial charge >= 0.3 is 0 Å². The van der Waals surface area contributed by atoms with Crippen molar-refractivity contribution in [3.05, 3.63) is 23.0 Å². The third kappa shape index (κ3) is 3.10. The topological polar surface area (TPSA) is 14.2 Å². The number of aryl methyl sites for hydroxylation is 2. The molecule has 1 aromatic heterocycles. The first-order chi connectivity index (χ1) is 7.20. The van der Waals surface area contributed by atoms with Crippen LogP contribution < -0.4 is 0 Å². The van der Waals surface area contributed by atoms with Gasteiger partial charge in [-0.15, -0.1) is 0 Å². The number of hydrogen-bond donors (Lipinski definition) is 0. The minimum atomic E-state index is 0.875. The molecule has 2 heteroatoms. The maximum Gasteiger partial charge on any atom is 0.0462 e. The Bertz CT molecular complexity index is 302. The smallest absolute Gasteiger partial charge is 0.0462 e. The van der Waals surface area contributed by atoms with Gasteiger partial charge in [0.25, 0.3) is 0 Å². The molecule has 2 nitrogen and oxygen atoms in total. The van der Waals surface area contributed by atoms with Gasteiger partial charge in [0, 0.05) is 31.6 Å². The fourth-order valence-corrected chi connectivity index (χ4v) is 2.09. The molecule has 1 aromatic rings. The van der Waals surface area contributed by atoms with Gasteiger partial charge in [0.05, 0.1) is 0 Å². The molecule has 0 bridgehead atoms. The molecular weight excluding hydrogens is 186 g/mol. The van der Waals surface area contributed by atoms with Crippen LogP contribution in [-0.2, 0) is 17.7 Å². The van der Waals surface area contributed by atoms with E-state index in [1.807, 2.05) is 0 Å². The summed E-state index contributed by atoms with van der Waals surface area (Å²) in [5.74, 6) is 0. The molecule has 0 unspecified atom stereocenters. The van der Waals surface area contributed by atoms with Crippen molar-refractivity contribution in [2.75, 3.05) is 13.7 Å². The predicted octanol–water partition coefficient (Wildman–Crippen LogP) is 3.09. The molecule has 0 aliphatic rings. The molecule has 1 rings (SSSR count). The fourth-order valence-electron chi connectivity index (χ4n) is 2.09. The van der Waals surface area contributed by atoms with E-state index in [4.69, 9.17) is 4.74 Å². The zero-order chi connectivity index (χ0) is 11.3. The monoisotopic (exact) mass is 209 g/mol. The first kappa shape index (κ1) is 12.3. The summed E-state index contributed by atoms with van der Waals surface area (Å²) in [5.41, 5.74) is 4.31. The van der Waals surface area contributed by atoms with Gasteiger partial charge in [-0.1, -0.05) is 6.92 Å². The summed E-state index contributed by atoms with van der Waals surface area (Å²) in [6, 6.07) is 2.31. The van der Waals surface area contributed by atoms with E-state index in [0.29, 0.717) is 0 Å². The van der Waals surface area contributed by atoms with Crippen LogP contribution in [0.15, 0.2) is 6.07 Å². The summed E-state index contributed by atoms with van der Waals surface area (Å²) < 4.78 is 7.48. The minimum Gasteiger partial charge on any atom is -0.385 e. The second-order valence-electron chi connectivity index (χ2n) is 4.10. The van der Waals surface area contributed by atoms with Crippen LogP contribution in [0.5, 0.6) is 0 Å². The van der Waals surface area contributed by atoms with E-state index in [-0.39, 0.29) is 0 Å². The van der Waals surface area contributed by atoms with Crippen molar-refractivity contribution >= 4 is 0 Å². The molecule has 0 saturated carbocycles.